The minimum atomic E-state index is 0.384. The molecule has 86 valence electrons. The van der Waals surface area contributed by atoms with E-state index in [-0.39, 0.29) is 0 Å². The summed E-state index contributed by atoms with van der Waals surface area (Å²) in [6.07, 6.45) is 0. The first-order valence-electron chi connectivity index (χ1n) is 4.91. The van der Waals surface area contributed by atoms with Crippen LogP contribution < -0.4 is 5.32 Å². The molecule has 1 N–H and O–H groups in total. The van der Waals surface area contributed by atoms with E-state index in [2.05, 4.69) is 22.4 Å². The van der Waals surface area contributed by atoms with Gasteiger partial charge < -0.3 is 10.1 Å². The molecular formula is C9H17N3OS2. The van der Waals surface area contributed by atoms with Crippen molar-refractivity contribution in [2.24, 2.45) is 0 Å². The second-order valence-corrected chi connectivity index (χ2v) is 5.56. The van der Waals surface area contributed by atoms with Crippen molar-refractivity contribution in [3.8, 4) is 0 Å². The maximum absolute atomic E-state index is 5.14. The largest absolute Gasteiger partial charge is 0.383 e. The van der Waals surface area contributed by atoms with E-state index in [1.165, 1.54) is 0 Å². The van der Waals surface area contributed by atoms with E-state index in [1.807, 2.05) is 6.92 Å². The molecule has 0 fully saturated rings. The van der Waals surface area contributed by atoms with Gasteiger partial charge in [-0.2, -0.15) is 0 Å². The summed E-state index contributed by atoms with van der Waals surface area (Å²) in [7, 11) is 1.73. The van der Waals surface area contributed by atoms with Crippen LogP contribution >= 0.6 is 23.1 Å². The third-order valence-electron chi connectivity index (χ3n) is 1.78. The molecule has 0 aliphatic heterocycles. The van der Waals surface area contributed by atoms with Crippen LogP contribution in [0.15, 0.2) is 4.34 Å². The van der Waals surface area contributed by atoms with Crippen molar-refractivity contribution in [3.05, 3.63) is 5.01 Å². The molecule has 0 bridgehead atoms. The molecule has 1 aromatic heterocycles. The molecule has 0 aromatic carbocycles. The number of likely N-dealkylation sites (N-methyl/N-ethyl adjacent to an activating group) is 1. The molecule has 15 heavy (non-hydrogen) atoms. The van der Waals surface area contributed by atoms with Crippen LogP contribution in [-0.2, 0) is 4.74 Å². The average Bonchev–Trinajstić information content (AvgIpc) is 2.61. The standard InChI is InChI=1S/C9H17N3OS2/c1-4-10-8(5-13-3)6-14-9-12-11-7(2)15-9/h8,10H,4-6H2,1-3H3. The molecule has 1 unspecified atom stereocenters. The smallest absolute Gasteiger partial charge is 0.174 e. The SMILES string of the molecule is CCNC(COC)CSc1nnc(C)s1. The summed E-state index contributed by atoms with van der Waals surface area (Å²) in [6, 6.07) is 0.384. The van der Waals surface area contributed by atoms with Crippen molar-refractivity contribution in [1.82, 2.24) is 15.5 Å². The quantitative estimate of drug-likeness (QED) is 0.741. The van der Waals surface area contributed by atoms with Gasteiger partial charge in [-0.05, 0) is 13.5 Å². The van der Waals surface area contributed by atoms with Gasteiger partial charge in [-0.25, -0.2) is 0 Å². The molecule has 1 rings (SSSR count). The Morgan fingerprint density at radius 2 is 2.33 bits per heavy atom. The highest BCUT2D eigenvalue weighted by molar-refractivity contribution is 8.01. The molecule has 0 spiro atoms. The topological polar surface area (TPSA) is 47.0 Å². The lowest BCUT2D eigenvalue weighted by atomic mass is 10.3. The third kappa shape index (κ3) is 4.92. The van der Waals surface area contributed by atoms with Crippen molar-refractivity contribution in [2.45, 2.75) is 24.2 Å². The molecule has 6 heteroatoms. The third-order valence-corrected chi connectivity index (χ3v) is 3.91. The molecule has 0 saturated carbocycles. The molecule has 0 amide bonds. The Balaban J connectivity index is 2.32. The van der Waals surface area contributed by atoms with Crippen molar-refractivity contribution < 1.29 is 4.74 Å². The summed E-state index contributed by atoms with van der Waals surface area (Å²) < 4.78 is 6.18. The molecular weight excluding hydrogens is 230 g/mol. The zero-order chi connectivity index (χ0) is 11.1. The van der Waals surface area contributed by atoms with Gasteiger partial charge in [0.1, 0.15) is 5.01 Å². The lowest BCUT2D eigenvalue weighted by molar-refractivity contribution is 0.174. The molecule has 0 aliphatic rings. The monoisotopic (exact) mass is 247 g/mol. The fourth-order valence-electron chi connectivity index (χ4n) is 1.16. The van der Waals surface area contributed by atoms with E-state index in [0.29, 0.717) is 6.04 Å². The van der Waals surface area contributed by atoms with Gasteiger partial charge in [0, 0.05) is 18.9 Å². The predicted octanol–water partition coefficient (Wildman–Crippen LogP) is 1.56. The Morgan fingerprint density at radius 3 is 2.87 bits per heavy atom. The highest BCUT2D eigenvalue weighted by atomic mass is 32.2. The average molecular weight is 247 g/mol. The van der Waals surface area contributed by atoms with E-state index in [0.717, 1.165) is 28.3 Å². The number of methoxy groups -OCH3 is 1. The zero-order valence-electron chi connectivity index (χ0n) is 9.32. The van der Waals surface area contributed by atoms with E-state index in [9.17, 15) is 0 Å². The summed E-state index contributed by atoms with van der Waals surface area (Å²) in [5, 5.41) is 12.4. The molecule has 1 atom stereocenters. The number of nitrogens with one attached hydrogen (secondary N) is 1. The van der Waals surface area contributed by atoms with E-state index in [1.54, 1.807) is 30.2 Å². The summed E-state index contributed by atoms with van der Waals surface area (Å²) in [6.45, 7) is 5.77. The lowest BCUT2D eigenvalue weighted by Gasteiger charge is -2.15. The molecule has 0 radical (unpaired) electrons. The Kier molecular flexibility index (Phi) is 6.16. The molecule has 0 aliphatic carbocycles. The van der Waals surface area contributed by atoms with Crippen LogP contribution in [0.3, 0.4) is 0 Å². The molecule has 1 aromatic rings. The maximum atomic E-state index is 5.14. The lowest BCUT2D eigenvalue weighted by Crippen LogP contribution is -2.35. The first kappa shape index (κ1) is 12.9. The fraction of sp³-hybridized carbons (Fsp3) is 0.778. The first-order chi connectivity index (χ1) is 7.26. The van der Waals surface area contributed by atoms with Crippen LogP contribution in [0.25, 0.3) is 0 Å². The second-order valence-electron chi connectivity index (χ2n) is 3.11. The van der Waals surface area contributed by atoms with Crippen molar-refractivity contribution in [1.29, 1.82) is 0 Å². The summed E-state index contributed by atoms with van der Waals surface area (Å²) >= 11 is 3.37. The van der Waals surface area contributed by atoms with Crippen molar-refractivity contribution >= 4 is 23.1 Å². The van der Waals surface area contributed by atoms with E-state index >= 15 is 0 Å². The van der Waals surface area contributed by atoms with Gasteiger partial charge in [-0.1, -0.05) is 30.0 Å². The summed E-state index contributed by atoms with van der Waals surface area (Å²) in [5.41, 5.74) is 0. The van der Waals surface area contributed by atoms with Crippen LogP contribution in [-0.4, -0.2) is 42.3 Å². The Bertz CT molecular complexity index is 274. The van der Waals surface area contributed by atoms with Gasteiger partial charge in [0.15, 0.2) is 4.34 Å². The van der Waals surface area contributed by atoms with Crippen LogP contribution in [0.5, 0.6) is 0 Å². The van der Waals surface area contributed by atoms with E-state index in [4.69, 9.17) is 4.74 Å². The number of ether oxygens (including phenoxy) is 1. The molecule has 1 heterocycles. The zero-order valence-corrected chi connectivity index (χ0v) is 11.0. The summed E-state index contributed by atoms with van der Waals surface area (Å²) in [4.78, 5) is 0. The number of hydrogen-bond donors (Lipinski definition) is 1. The highest BCUT2D eigenvalue weighted by Gasteiger charge is 2.09. The van der Waals surface area contributed by atoms with Gasteiger partial charge in [0.2, 0.25) is 0 Å². The Hall–Kier alpha value is -0.170. The van der Waals surface area contributed by atoms with Gasteiger partial charge >= 0.3 is 0 Å². The van der Waals surface area contributed by atoms with Crippen LogP contribution in [0.2, 0.25) is 0 Å². The maximum Gasteiger partial charge on any atom is 0.174 e. The number of nitrogens with zero attached hydrogens (tertiary/aromatic N) is 2. The fourth-order valence-corrected chi connectivity index (χ4v) is 3.04. The minimum Gasteiger partial charge on any atom is -0.383 e. The second kappa shape index (κ2) is 7.16. The van der Waals surface area contributed by atoms with Crippen molar-refractivity contribution in [2.75, 3.05) is 26.0 Å². The minimum absolute atomic E-state index is 0.384. The molecule has 4 nitrogen and oxygen atoms in total. The normalized spacial score (nSPS) is 13.0. The van der Waals surface area contributed by atoms with Crippen LogP contribution in [0.4, 0.5) is 0 Å². The Labute approximate surface area is 98.8 Å². The number of thioether (sulfide) groups is 1. The highest BCUT2D eigenvalue weighted by Crippen LogP contribution is 2.22. The number of rotatable bonds is 7. The van der Waals surface area contributed by atoms with Crippen LogP contribution in [0.1, 0.15) is 11.9 Å². The number of hydrogen-bond acceptors (Lipinski definition) is 6. The van der Waals surface area contributed by atoms with Crippen molar-refractivity contribution in [3.63, 3.8) is 0 Å². The van der Waals surface area contributed by atoms with Gasteiger partial charge in [0.25, 0.3) is 0 Å². The predicted molar refractivity (Wildman–Crippen MR) is 64.7 cm³/mol. The van der Waals surface area contributed by atoms with Gasteiger partial charge in [0.05, 0.1) is 6.61 Å². The van der Waals surface area contributed by atoms with E-state index < -0.39 is 0 Å². The van der Waals surface area contributed by atoms with Gasteiger partial charge in [-0.3, -0.25) is 0 Å². The Morgan fingerprint density at radius 1 is 1.53 bits per heavy atom. The van der Waals surface area contributed by atoms with Gasteiger partial charge in [-0.15, -0.1) is 10.2 Å². The number of aryl methyl sites for hydroxylation is 1. The number of aromatic nitrogens is 2. The summed E-state index contributed by atoms with van der Waals surface area (Å²) in [5.74, 6) is 0.969. The van der Waals surface area contributed by atoms with Crippen LogP contribution in [0, 0.1) is 6.92 Å². The first-order valence-corrected chi connectivity index (χ1v) is 6.71. The molecule has 0 saturated heterocycles.